The van der Waals surface area contributed by atoms with Crippen LogP contribution in [0.3, 0.4) is 0 Å². The number of urea groups is 1. The second kappa shape index (κ2) is 8.11. The van der Waals surface area contributed by atoms with Crippen LogP contribution in [0.5, 0.6) is 0 Å². The van der Waals surface area contributed by atoms with Gasteiger partial charge in [-0.2, -0.15) is 0 Å². The normalized spacial score (nSPS) is 9.81. The molecule has 2 N–H and O–H groups in total. The molecule has 8 heteroatoms. The van der Waals surface area contributed by atoms with Crippen LogP contribution in [0.2, 0.25) is 5.02 Å². The number of hydrogen-bond acceptors (Lipinski definition) is 4. The first kappa shape index (κ1) is 16.8. The highest BCUT2D eigenvalue weighted by atomic mass is 35.5. The molecule has 0 fully saturated rings. The number of rotatable bonds is 6. The zero-order valence-electron chi connectivity index (χ0n) is 11.3. The van der Waals surface area contributed by atoms with Crippen LogP contribution in [0.4, 0.5) is 10.5 Å². The summed E-state index contributed by atoms with van der Waals surface area (Å²) < 4.78 is 4.67. The van der Waals surface area contributed by atoms with Crippen molar-refractivity contribution in [3.8, 4) is 0 Å². The number of nitrogens with zero attached hydrogens (tertiary/aromatic N) is 1. The number of halogens is 1. The van der Waals surface area contributed by atoms with Gasteiger partial charge in [0.25, 0.3) is 0 Å². The summed E-state index contributed by atoms with van der Waals surface area (Å²) in [5.74, 6) is -1.78. The molecule has 0 radical (unpaired) electrons. The van der Waals surface area contributed by atoms with Crippen molar-refractivity contribution in [1.82, 2.24) is 5.32 Å². The van der Waals surface area contributed by atoms with Gasteiger partial charge >= 0.3 is 18.0 Å². The van der Waals surface area contributed by atoms with E-state index in [4.69, 9.17) is 16.7 Å². The highest BCUT2D eigenvalue weighted by molar-refractivity contribution is 6.30. The molecule has 114 valence electrons. The molecule has 0 aliphatic heterocycles. The highest BCUT2D eigenvalue weighted by Crippen LogP contribution is 2.18. The van der Waals surface area contributed by atoms with Crippen LogP contribution in [0.1, 0.15) is 6.92 Å². The van der Waals surface area contributed by atoms with E-state index in [9.17, 15) is 14.4 Å². The van der Waals surface area contributed by atoms with E-state index in [1.165, 1.54) is 24.3 Å². The minimum absolute atomic E-state index is 0.199. The molecule has 0 aliphatic carbocycles. The third-order valence-corrected chi connectivity index (χ3v) is 2.62. The summed E-state index contributed by atoms with van der Waals surface area (Å²) in [6.45, 7) is 0.960. The summed E-state index contributed by atoms with van der Waals surface area (Å²) in [6, 6.07) is 5.37. The Morgan fingerprint density at radius 2 is 1.90 bits per heavy atom. The van der Waals surface area contributed by atoms with Crippen LogP contribution in [0.25, 0.3) is 0 Å². The Kier molecular flexibility index (Phi) is 6.48. The number of benzene rings is 1. The van der Waals surface area contributed by atoms with Gasteiger partial charge in [0.05, 0.1) is 6.61 Å². The average molecular weight is 315 g/mol. The lowest BCUT2D eigenvalue weighted by atomic mass is 10.3. The Morgan fingerprint density at radius 3 is 2.43 bits per heavy atom. The molecule has 0 unspecified atom stereocenters. The lowest BCUT2D eigenvalue weighted by Crippen LogP contribution is -2.44. The molecule has 0 saturated carbocycles. The zero-order chi connectivity index (χ0) is 15.8. The summed E-state index contributed by atoms with van der Waals surface area (Å²) in [7, 11) is 0. The minimum Gasteiger partial charge on any atom is -0.480 e. The molecular formula is C13H15ClN2O5. The third-order valence-electron chi connectivity index (χ3n) is 2.37. The van der Waals surface area contributed by atoms with E-state index in [0.29, 0.717) is 10.7 Å². The van der Waals surface area contributed by atoms with E-state index in [1.807, 2.05) is 0 Å². The number of nitrogens with one attached hydrogen (secondary N) is 1. The highest BCUT2D eigenvalue weighted by Gasteiger charge is 2.19. The van der Waals surface area contributed by atoms with Crippen LogP contribution >= 0.6 is 11.6 Å². The van der Waals surface area contributed by atoms with Crippen molar-refractivity contribution >= 4 is 35.3 Å². The fourth-order valence-corrected chi connectivity index (χ4v) is 1.62. The SMILES string of the molecule is CCOC(=O)CNC(=O)N(CC(=O)O)c1ccc(Cl)cc1. The third kappa shape index (κ3) is 5.70. The van der Waals surface area contributed by atoms with Gasteiger partial charge in [0.2, 0.25) is 0 Å². The van der Waals surface area contributed by atoms with E-state index >= 15 is 0 Å². The Bertz CT molecular complexity index is 518. The van der Waals surface area contributed by atoms with Crippen molar-refractivity contribution < 1.29 is 24.2 Å². The van der Waals surface area contributed by atoms with Gasteiger partial charge in [0.1, 0.15) is 13.1 Å². The molecule has 21 heavy (non-hydrogen) atoms. The van der Waals surface area contributed by atoms with Crippen molar-refractivity contribution in [3.63, 3.8) is 0 Å². The van der Waals surface area contributed by atoms with Gasteiger partial charge in [0, 0.05) is 10.7 Å². The Morgan fingerprint density at radius 1 is 1.29 bits per heavy atom. The summed E-state index contributed by atoms with van der Waals surface area (Å²) in [4.78, 5) is 35.0. The number of amides is 2. The molecule has 1 aromatic rings. The number of carboxylic acid groups (broad SMARTS) is 1. The summed E-state index contributed by atoms with van der Waals surface area (Å²) >= 11 is 5.74. The van der Waals surface area contributed by atoms with Crippen molar-refractivity contribution in [3.05, 3.63) is 29.3 Å². The monoisotopic (exact) mass is 314 g/mol. The maximum atomic E-state index is 12.0. The lowest BCUT2D eigenvalue weighted by molar-refractivity contribution is -0.141. The number of carbonyl (C=O) groups excluding carboxylic acids is 2. The van der Waals surface area contributed by atoms with Gasteiger partial charge in [-0.25, -0.2) is 4.79 Å². The molecular weight excluding hydrogens is 300 g/mol. The average Bonchev–Trinajstić information content (AvgIpc) is 2.43. The molecule has 0 bridgehead atoms. The smallest absolute Gasteiger partial charge is 0.325 e. The molecule has 1 rings (SSSR count). The van der Waals surface area contributed by atoms with Gasteiger partial charge in [-0.3, -0.25) is 14.5 Å². The first-order valence-corrected chi connectivity index (χ1v) is 6.50. The predicted molar refractivity (Wildman–Crippen MR) is 76.5 cm³/mol. The van der Waals surface area contributed by atoms with Crippen LogP contribution in [0.15, 0.2) is 24.3 Å². The van der Waals surface area contributed by atoms with Crippen molar-refractivity contribution in [2.24, 2.45) is 0 Å². The van der Waals surface area contributed by atoms with Gasteiger partial charge in [-0.1, -0.05) is 11.6 Å². The van der Waals surface area contributed by atoms with Gasteiger partial charge in [-0.05, 0) is 31.2 Å². The Labute approximate surface area is 126 Å². The van der Waals surface area contributed by atoms with Crippen LogP contribution < -0.4 is 10.2 Å². The number of carboxylic acids is 1. The van der Waals surface area contributed by atoms with E-state index in [0.717, 1.165) is 4.90 Å². The maximum Gasteiger partial charge on any atom is 0.325 e. The first-order chi connectivity index (χ1) is 9.93. The fraction of sp³-hybridized carbons (Fsp3) is 0.308. The molecule has 0 atom stereocenters. The number of aliphatic carboxylic acids is 1. The number of hydrogen-bond donors (Lipinski definition) is 2. The molecule has 0 spiro atoms. The quantitative estimate of drug-likeness (QED) is 0.776. The standard InChI is InChI=1S/C13H15ClN2O5/c1-2-21-12(19)7-15-13(20)16(8-11(17)18)10-5-3-9(14)4-6-10/h3-6H,2,7-8H2,1H3,(H,15,20)(H,17,18). The second-order valence-corrected chi connectivity index (χ2v) is 4.36. The van der Waals surface area contributed by atoms with Crippen LogP contribution in [0, 0.1) is 0 Å². The van der Waals surface area contributed by atoms with Crippen molar-refractivity contribution in [2.45, 2.75) is 6.92 Å². The van der Waals surface area contributed by atoms with Gasteiger partial charge < -0.3 is 15.2 Å². The summed E-state index contributed by atoms with van der Waals surface area (Å²) in [5.41, 5.74) is 0.350. The number of carbonyl (C=O) groups is 3. The van der Waals surface area contributed by atoms with Crippen molar-refractivity contribution in [2.75, 3.05) is 24.6 Å². The van der Waals surface area contributed by atoms with Gasteiger partial charge in [-0.15, -0.1) is 0 Å². The minimum atomic E-state index is -1.18. The van der Waals surface area contributed by atoms with Crippen LogP contribution in [-0.4, -0.2) is 42.8 Å². The maximum absolute atomic E-state index is 12.0. The molecule has 0 aliphatic rings. The van der Waals surface area contributed by atoms with E-state index < -0.39 is 24.5 Å². The number of ether oxygens (including phenoxy) is 1. The van der Waals surface area contributed by atoms with E-state index in [-0.39, 0.29) is 13.2 Å². The Hall–Kier alpha value is -2.28. The summed E-state index contributed by atoms with van der Waals surface area (Å²) in [5, 5.41) is 11.6. The number of anilines is 1. The molecule has 0 saturated heterocycles. The molecule has 7 nitrogen and oxygen atoms in total. The molecule has 0 aromatic heterocycles. The molecule has 2 amide bonds. The Balaban J connectivity index is 2.77. The summed E-state index contributed by atoms with van der Waals surface area (Å²) in [6.07, 6.45) is 0. The van der Waals surface area contributed by atoms with Crippen molar-refractivity contribution in [1.29, 1.82) is 0 Å². The fourth-order valence-electron chi connectivity index (χ4n) is 1.49. The van der Waals surface area contributed by atoms with E-state index in [2.05, 4.69) is 10.1 Å². The first-order valence-electron chi connectivity index (χ1n) is 6.12. The number of esters is 1. The second-order valence-electron chi connectivity index (χ2n) is 3.92. The molecule has 1 aromatic carbocycles. The molecule has 0 heterocycles. The predicted octanol–water partition coefficient (Wildman–Crippen LogP) is 1.50. The van der Waals surface area contributed by atoms with Crippen LogP contribution in [-0.2, 0) is 14.3 Å². The lowest BCUT2D eigenvalue weighted by Gasteiger charge is -2.21. The van der Waals surface area contributed by atoms with Gasteiger partial charge in [0.15, 0.2) is 0 Å². The largest absolute Gasteiger partial charge is 0.480 e. The topological polar surface area (TPSA) is 95.9 Å². The zero-order valence-corrected chi connectivity index (χ0v) is 12.1. The van der Waals surface area contributed by atoms with E-state index in [1.54, 1.807) is 6.92 Å².